The van der Waals surface area contributed by atoms with Crippen LogP contribution >= 0.6 is 0 Å². The Morgan fingerprint density at radius 1 is 0.941 bits per heavy atom. The normalized spacial score (nSPS) is 10.5. The van der Waals surface area contributed by atoms with Crippen LogP contribution in [0, 0.1) is 0 Å². The van der Waals surface area contributed by atoms with Gasteiger partial charge in [-0.2, -0.15) is 0 Å². The molecule has 1 amide bonds. The Kier molecular flexibility index (Phi) is 7.45. The molecule has 1 N–H and O–H groups in total. The highest BCUT2D eigenvalue weighted by atomic mass is 19.1. The van der Waals surface area contributed by atoms with Gasteiger partial charge < -0.3 is 14.8 Å². The largest absolute Gasteiger partial charge is 0.493 e. The third kappa shape index (κ3) is 5.38. The van der Waals surface area contributed by atoms with Gasteiger partial charge >= 0.3 is 0 Å². The molecular weight excluding hydrogens is 433 g/mol. The van der Waals surface area contributed by atoms with Gasteiger partial charge in [0.25, 0.3) is 5.91 Å². The van der Waals surface area contributed by atoms with Gasteiger partial charge in [0.15, 0.2) is 11.5 Å². The summed E-state index contributed by atoms with van der Waals surface area (Å²) in [5, 5.41) is 2.97. The molecule has 6 nitrogen and oxygen atoms in total. The second-order valence-electron chi connectivity index (χ2n) is 7.43. The highest BCUT2D eigenvalue weighted by molar-refractivity contribution is 6.01. The summed E-state index contributed by atoms with van der Waals surface area (Å²) in [6.45, 7) is -0.365. The fourth-order valence-electron chi connectivity index (χ4n) is 3.52. The van der Waals surface area contributed by atoms with E-state index in [0.717, 1.165) is 22.3 Å². The maximum atomic E-state index is 13.3. The van der Waals surface area contributed by atoms with Gasteiger partial charge in [-0.3, -0.25) is 14.8 Å². The summed E-state index contributed by atoms with van der Waals surface area (Å²) in [6, 6.07) is 20.4. The molecule has 0 atom stereocenters. The molecule has 34 heavy (non-hydrogen) atoms. The van der Waals surface area contributed by atoms with Crippen LogP contribution in [0.2, 0.25) is 0 Å². The molecule has 2 aromatic heterocycles. The van der Waals surface area contributed by atoms with E-state index in [9.17, 15) is 9.18 Å². The zero-order valence-electron chi connectivity index (χ0n) is 18.7. The summed E-state index contributed by atoms with van der Waals surface area (Å²) in [5.74, 6) is 0.675. The summed E-state index contributed by atoms with van der Waals surface area (Å²) in [7, 11) is 1.52. The smallest absolute Gasteiger partial charge is 0.253 e. The number of hydrogen-bond acceptors (Lipinski definition) is 5. The first-order valence-corrected chi connectivity index (χ1v) is 10.8. The molecule has 0 aliphatic rings. The van der Waals surface area contributed by atoms with E-state index in [1.54, 1.807) is 36.8 Å². The van der Waals surface area contributed by atoms with Gasteiger partial charge in [-0.15, -0.1) is 0 Å². The lowest BCUT2D eigenvalue weighted by Gasteiger charge is -2.14. The van der Waals surface area contributed by atoms with Crippen LogP contribution in [-0.4, -0.2) is 36.3 Å². The molecule has 7 heteroatoms. The average Bonchev–Trinajstić information content (AvgIpc) is 2.91. The van der Waals surface area contributed by atoms with Crippen molar-refractivity contribution in [3.05, 3.63) is 96.4 Å². The highest BCUT2D eigenvalue weighted by Crippen LogP contribution is 2.29. The molecule has 2 heterocycles. The number of ether oxygens (including phenoxy) is 2. The minimum Gasteiger partial charge on any atom is -0.493 e. The predicted molar refractivity (Wildman–Crippen MR) is 129 cm³/mol. The molecule has 172 valence electrons. The predicted octanol–water partition coefficient (Wildman–Crippen LogP) is 5.10. The van der Waals surface area contributed by atoms with E-state index in [1.807, 2.05) is 48.5 Å². The standard InChI is InChI=1S/C27H24FN3O3/c1-33-25-14-19(9-10-24(25)34-13-11-28)16-31-27(32)23-15-22(21-8-5-12-29-17-21)18-30-26(23)20-6-3-2-4-7-20/h2-10,12,14-15,17-18H,11,13,16H2,1H3,(H,31,32). The Labute approximate surface area is 197 Å². The summed E-state index contributed by atoms with van der Waals surface area (Å²) in [6.07, 6.45) is 5.18. The van der Waals surface area contributed by atoms with Gasteiger partial charge in [0.1, 0.15) is 13.3 Å². The van der Waals surface area contributed by atoms with Crippen LogP contribution in [0.5, 0.6) is 11.5 Å². The quantitative estimate of drug-likeness (QED) is 0.379. The van der Waals surface area contributed by atoms with Gasteiger partial charge in [0, 0.05) is 41.8 Å². The number of alkyl halides is 1. The van der Waals surface area contributed by atoms with Crippen molar-refractivity contribution < 1.29 is 18.7 Å². The number of carbonyl (C=O) groups is 1. The van der Waals surface area contributed by atoms with Crippen molar-refractivity contribution in [1.29, 1.82) is 0 Å². The second-order valence-corrected chi connectivity index (χ2v) is 7.43. The SMILES string of the molecule is COc1cc(CNC(=O)c2cc(-c3cccnc3)cnc2-c2ccccc2)ccc1OCCF. The second kappa shape index (κ2) is 11.0. The molecule has 4 aromatic rings. The van der Waals surface area contributed by atoms with Gasteiger partial charge in [0.05, 0.1) is 18.4 Å². The Morgan fingerprint density at radius 2 is 1.76 bits per heavy atom. The van der Waals surface area contributed by atoms with Gasteiger partial charge in [-0.25, -0.2) is 4.39 Å². The third-order valence-electron chi connectivity index (χ3n) is 5.19. The number of benzene rings is 2. The molecule has 2 aromatic carbocycles. The molecule has 0 aliphatic carbocycles. The molecule has 4 rings (SSSR count). The minimum absolute atomic E-state index is 0.0466. The monoisotopic (exact) mass is 457 g/mol. The summed E-state index contributed by atoms with van der Waals surface area (Å²) in [4.78, 5) is 22.1. The van der Waals surface area contributed by atoms with Crippen LogP contribution in [-0.2, 0) is 6.54 Å². The molecule has 0 bridgehead atoms. The first-order valence-electron chi connectivity index (χ1n) is 10.8. The zero-order valence-corrected chi connectivity index (χ0v) is 18.7. The number of carbonyl (C=O) groups excluding carboxylic acids is 1. The van der Waals surface area contributed by atoms with Crippen LogP contribution in [0.4, 0.5) is 4.39 Å². The Morgan fingerprint density at radius 3 is 2.50 bits per heavy atom. The summed E-state index contributed by atoms with van der Waals surface area (Å²) in [5.41, 5.74) is 4.39. The number of rotatable bonds is 9. The highest BCUT2D eigenvalue weighted by Gasteiger charge is 2.16. The maximum absolute atomic E-state index is 13.3. The van der Waals surface area contributed by atoms with Crippen LogP contribution in [0.3, 0.4) is 0 Å². The molecule has 0 fully saturated rings. The lowest BCUT2D eigenvalue weighted by Crippen LogP contribution is -2.24. The van der Waals surface area contributed by atoms with Crippen molar-refractivity contribution in [3.8, 4) is 33.9 Å². The molecule has 0 saturated heterocycles. The van der Waals surface area contributed by atoms with Crippen LogP contribution in [0.1, 0.15) is 15.9 Å². The lowest BCUT2D eigenvalue weighted by molar-refractivity contribution is 0.0951. The molecule has 0 spiro atoms. The summed E-state index contributed by atoms with van der Waals surface area (Å²) >= 11 is 0. The summed E-state index contributed by atoms with van der Waals surface area (Å²) < 4.78 is 23.1. The number of nitrogens with one attached hydrogen (secondary N) is 1. The van der Waals surface area contributed by atoms with Crippen LogP contribution in [0.15, 0.2) is 85.3 Å². The maximum Gasteiger partial charge on any atom is 0.253 e. The van der Waals surface area contributed by atoms with Crippen molar-refractivity contribution in [2.24, 2.45) is 0 Å². The first kappa shape index (κ1) is 22.9. The molecule has 0 unspecified atom stereocenters. The van der Waals surface area contributed by atoms with Crippen molar-refractivity contribution in [2.45, 2.75) is 6.54 Å². The number of hydrogen-bond donors (Lipinski definition) is 1. The number of aromatic nitrogens is 2. The first-order chi connectivity index (χ1) is 16.7. The third-order valence-corrected chi connectivity index (χ3v) is 5.19. The van der Waals surface area contributed by atoms with E-state index in [0.29, 0.717) is 22.8 Å². The Hall–Kier alpha value is -4.26. The van der Waals surface area contributed by atoms with Crippen molar-refractivity contribution >= 4 is 5.91 Å². The van der Waals surface area contributed by atoms with Crippen LogP contribution < -0.4 is 14.8 Å². The van der Waals surface area contributed by atoms with E-state index in [-0.39, 0.29) is 19.1 Å². The Balaban J connectivity index is 1.60. The van der Waals surface area contributed by atoms with E-state index in [4.69, 9.17) is 9.47 Å². The average molecular weight is 458 g/mol. The van der Waals surface area contributed by atoms with Crippen molar-refractivity contribution in [2.75, 3.05) is 20.4 Å². The van der Waals surface area contributed by atoms with Crippen molar-refractivity contribution in [3.63, 3.8) is 0 Å². The van der Waals surface area contributed by atoms with Crippen molar-refractivity contribution in [1.82, 2.24) is 15.3 Å². The lowest BCUT2D eigenvalue weighted by atomic mass is 10.0. The molecular formula is C27H24FN3O3. The van der Waals surface area contributed by atoms with E-state index < -0.39 is 6.67 Å². The van der Waals surface area contributed by atoms with E-state index in [2.05, 4.69) is 15.3 Å². The topological polar surface area (TPSA) is 73.3 Å². The zero-order chi connectivity index (χ0) is 23.8. The fraction of sp³-hybridized carbons (Fsp3) is 0.148. The minimum atomic E-state index is -0.586. The number of pyridine rings is 2. The van der Waals surface area contributed by atoms with Gasteiger partial charge in [0.2, 0.25) is 0 Å². The number of methoxy groups -OCH3 is 1. The van der Waals surface area contributed by atoms with Crippen LogP contribution in [0.25, 0.3) is 22.4 Å². The van der Waals surface area contributed by atoms with Gasteiger partial charge in [-0.1, -0.05) is 42.5 Å². The van der Waals surface area contributed by atoms with E-state index in [1.165, 1.54) is 7.11 Å². The molecule has 0 aliphatic heterocycles. The van der Waals surface area contributed by atoms with Gasteiger partial charge in [-0.05, 0) is 29.8 Å². The number of amides is 1. The number of nitrogens with zero attached hydrogens (tertiary/aromatic N) is 2. The van der Waals surface area contributed by atoms with E-state index >= 15 is 0 Å². The number of halogens is 1. The molecule has 0 saturated carbocycles. The fourth-order valence-corrected chi connectivity index (χ4v) is 3.52. The Bertz CT molecular complexity index is 1250. The molecule has 0 radical (unpaired) electrons.